The van der Waals surface area contributed by atoms with Gasteiger partial charge in [0.15, 0.2) is 11.5 Å². The Hall–Kier alpha value is -2.21. The van der Waals surface area contributed by atoms with Gasteiger partial charge >= 0.3 is 0 Å². The van der Waals surface area contributed by atoms with Gasteiger partial charge in [0.1, 0.15) is 11.6 Å². The molecule has 1 aromatic carbocycles. The number of H-pyrrole nitrogens is 1. The zero-order valence-electron chi connectivity index (χ0n) is 11.4. The van der Waals surface area contributed by atoms with Gasteiger partial charge in [-0.25, -0.2) is 4.98 Å². The second-order valence-electron chi connectivity index (χ2n) is 4.16. The van der Waals surface area contributed by atoms with Crippen LogP contribution >= 0.6 is 11.3 Å². The molecule has 2 heterocycles. The minimum Gasteiger partial charge on any atom is -0.496 e. The SMILES string of the molecule is COc1csc(-c2nc3cc(OC)c(OC)cc3[nH]2)c1. The van der Waals surface area contributed by atoms with Gasteiger partial charge in [0.05, 0.1) is 37.2 Å². The first-order valence-corrected chi connectivity index (χ1v) is 6.87. The number of nitrogens with one attached hydrogen (secondary N) is 1. The van der Waals surface area contributed by atoms with Gasteiger partial charge in [-0.15, -0.1) is 11.3 Å². The van der Waals surface area contributed by atoms with Crippen molar-refractivity contribution >= 4 is 22.4 Å². The fourth-order valence-electron chi connectivity index (χ4n) is 2.00. The van der Waals surface area contributed by atoms with Crippen LogP contribution in [-0.4, -0.2) is 31.3 Å². The van der Waals surface area contributed by atoms with Gasteiger partial charge in [-0.1, -0.05) is 0 Å². The third-order valence-corrected chi connectivity index (χ3v) is 3.95. The molecule has 2 aromatic heterocycles. The fourth-order valence-corrected chi connectivity index (χ4v) is 2.80. The summed E-state index contributed by atoms with van der Waals surface area (Å²) >= 11 is 1.58. The van der Waals surface area contributed by atoms with E-state index < -0.39 is 0 Å². The molecule has 0 fully saturated rings. The van der Waals surface area contributed by atoms with Crippen molar-refractivity contribution in [2.75, 3.05) is 21.3 Å². The van der Waals surface area contributed by atoms with Crippen molar-refractivity contribution in [1.29, 1.82) is 0 Å². The summed E-state index contributed by atoms with van der Waals surface area (Å²) in [6.07, 6.45) is 0. The maximum absolute atomic E-state index is 5.29. The molecule has 0 unspecified atom stereocenters. The van der Waals surface area contributed by atoms with Gasteiger partial charge in [0.2, 0.25) is 0 Å². The maximum Gasteiger partial charge on any atom is 0.163 e. The third-order valence-electron chi connectivity index (χ3n) is 3.03. The zero-order valence-corrected chi connectivity index (χ0v) is 12.2. The van der Waals surface area contributed by atoms with E-state index in [0.717, 1.165) is 27.5 Å². The second kappa shape index (κ2) is 5.05. The lowest BCUT2D eigenvalue weighted by molar-refractivity contribution is 0.356. The molecule has 0 aliphatic heterocycles. The highest BCUT2D eigenvalue weighted by Gasteiger charge is 2.12. The first kappa shape index (κ1) is 12.8. The van der Waals surface area contributed by atoms with E-state index in [1.807, 2.05) is 23.6 Å². The van der Waals surface area contributed by atoms with Crippen LogP contribution < -0.4 is 14.2 Å². The van der Waals surface area contributed by atoms with Crippen molar-refractivity contribution in [2.24, 2.45) is 0 Å². The van der Waals surface area contributed by atoms with Crippen molar-refractivity contribution < 1.29 is 14.2 Å². The first-order valence-electron chi connectivity index (χ1n) is 5.99. The van der Waals surface area contributed by atoms with Crippen molar-refractivity contribution in [3.05, 3.63) is 23.6 Å². The lowest BCUT2D eigenvalue weighted by Crippen LogP contribution is -1.89. The van der Waals surface area contributed by atoms with E-state index in [-0.39, 0.29) is 0 Å². The van der Waals surface area contributed by atoms with Crippen LogP contribution in [0.3, 0.4) is 0 Å². The number of aromatic nitrogens is 2. The zero-order chi connectivity index (χ0) is 14.1. The maximum atomic E-state index is 5.29. The standard InChI is InChI=1S/C14H14N2O3S/c1-17-8-4-13(20-7-8)14-15-9-5-11(18-2)12(19-3)6-10(9)16-14/h4-7H,1-3H3,(H,15,16). The Balaban J connectivity index is 2.10. The summed E-state index contributed by atoms with van der Waals surface area (Å²) in [5, 5.41) is 1.95. The monoisotopic (exact) mass is 290 g/mol. The molecule has 20 heavy (non-hydrogen) atoms. The van der Waals surface area contributed by atoms with Crippen LogP contribution in [0.5, 0.6) is 17.2 Å². The minimum atomic E-state index is 0.668. The molecule has 0 saturated carbocycles. The molecule has 0 radical (unpaired) electrons. The lowest BCUT2D eigenvalue weighted by Gasteiger charge is -2.06. The van der Waals surface area contributed by atoms with Gasteiger partial charge in [-0.2, -0.15) is 0 Å². The molecular formula is C14H14N2O3S. The molecule has 0 bridgehead atoms. The summed E-state index contributed by atoms with van der Waals surface area (Å²) in [7, 11) is 4.88. The van der Waals surface area contributed by atoms with Crippen LogP contribution in [0.1, 0.15) is 0 Å². The van der Waals surface area contributed by atoms with Gasteiger partial charge < -0.3 is 19.2 Å². The van der Waals surface area contributed by atoms with Crippen molar-refractivity contribution in [3.63, 3.8) is 0 Å². The summed E-state index contributed by atoms with van der Waals surface area (Å²) in [4.78, 5) is 8.89. The van der Waals surface area contributed by atoms with Gasteiger partial charge in [0.25, 0.3) is 0 Å². The number of hydrogen-bond acceptors (Lipinski definition) is 5. The molecule has 0 saturated heterocycles. The predicted octanol–water partition coefficient (Wildman–Crippen LogP) is 3.32. The Morgan fingerprint density at radius 2 is 1.75 bits per heavy atom. The van der Waals surface area contributed by atoms with Crippen LogP contribution in [0.2, 0.25) is 0 Å². The molecule has 104 valence electrons. The number of imidazole rings is 1. The van der Waals surface area contributed by atoms with Crippen molar-refractivity contribution in [3.8, 4) is 28.0 Å². The number of rotatable bonds is 4. The molecule has 6 heteroatoms. The predicted molar refractivity (Wildman–Crippen MR) is 79.1 cm³/mol. The van der Waals surface area contributed by atoms with Gasteiger partial charge in [0, 0.05) is 23.6 Å². The van der Waals surface area contributed by atoms with E-state index in [1.165, 1.54) is 0 Å². The molecule has 3 rings (SSSR count). The number of methoxy groups -OCH3 is 3. The summed E-state index contributed by atoms with van der Waals surface area (Å²) < 4.78 is 15.8. The number of hydrogen-bond donors (Lipinski definition) is 1. The van der Waals surface area contributed by atoms with E-state index in [0.29, 0.717) is 11.5 Å². The Bertz CT molecular complexity index is 707. The highest BCUT2D eigenvalue weighted by molar-refractivity contribution is 7.13. The van der Waals surface area contributed by atoms with Gasteiger partial charge in [-0.05, 0) is 0 Å². The first-order chi connectivity index (χ1) is 9.75. The Kier molecular flexibility index (Phi) is 3.23. The van der Waals surface area contributed by atoms with Crippen LogP contribution in [0.4, 0.5) is 0 Å². The number of aromatic amines is 1. The highest BCUT2D eigenvalue weighted by Crippen LogP contribution is 2.34. The van der Waals surface area contributed by atoms with Crippen molar-refractivity contribution in [2.45, 2.75) is 0 Å². The number of nitrogens with zero attached hydrogens (tertiary/aromatic N) is 1. The number of ether oxygens (including phenoxy) is 3. The van der Waals surface area contributed by atoms with E-state index in [9.17, 15) is 0 Å². The lowest BCUT2D eigenvalue weighted by atomic mass is 10.3. The molecular weight excluding hydrogens is 276 g/mol. The normalized spacial score (nSPS) is 10.8. The summed E-state index contributed by atoms with van der Waals surface area (Å²) in [6, 6.07) is 5.70. The average molecular weight is 290 g/mol. The van der Waals surface area contributed by atoms with Crippen LogP contribution in [0.15, 0.2) is 23.6 Å². The largest absolute Gasteiger partial charge is 0.496 e. The fraction of sp³-hybridized carbons (Fsp3) is 0.214. The Labute approximate surface area is 120 Å². The van der Waals surface area contributed by atoms with E-state index in [4.69, 9.17) is 14.2 Å². The summed E-state index contributed by atoms with van der Waals surface area (Å²) in [6.45, 7) is 0. The number of thiophene rings is 1. The van der Waals surface area contributed by atoms with E-state index >= 15 is 0 Å². The summed E-state index contributed by atoms with van der Waals surface area (Å²) in [5.41, 5.74) is 1.75. The smallest absolute Gasteiger partial charge is 0.163 e. The molecule has 0 spiro atoms. The molecule has 0 aliphatic carbocycles. The molecule has 3 aromatic rings. The number of fused-ring (bicyclic) bond motifs is 1. The minimum absolute atomic E-state index is 0.668. The second-order valence-corrected chi connectivity index (χ2v) is 5.07. The van der Waals surface area contributed by atoms with Gasteiger partial charge in [-0.3, -0.25) is 0 Å². The highest BCUT2D eigenvalue weighted by atomic mass is 32.1. The Morgan fingerprint density at radius 1 is 1.00 bits per heavy atom. The quantitative estimate of drug-likeness (QED) is 0.801. The van der Waals surface area contributed by atoms with Crippen LogP contribution in [0.25, 0.3) is 21.7 Å². The van der Waals surface area contributed by atoms with E-state index in [1.54, 1.807) is 32.7 Å². The van der Waals surface area contributed by atoms with Crippen molar-refractivity contribution in [1.82, 2.24) is 9.97 Å². The summed E-state index contributed by atoms with van der Waals surface area (Å²) in [5.74, 6) is 2.99. The third kappa shape index (κ3) is 2.08. The molecule has 5 nitrogen and oxygen atoms in total. The van der Waals surface area contributed by atoms with Crippen LogP contribution in [0, 0.1) is 0 Å². The topological polar surface area (TPSA) is 56.4 Å². The molecule has 0 atom stereocenters. The Morgan fingerprint density at radius 3 is 2.40 bits per heavy atom. The van der Waals surface area contributed by atoms with Crippen LogP contribution in [-0.2, 0) is 0 Å². The molecule has 0 amide bonds. The van der Waals surface area contributed by atoms with E-state index in [2.05, 4.69) is 9.97 Å². The number of benzene rings is 1. The molecule has 0 aliphatic rings. The average Bonchev–Trinajstić information content (AvgIpc) is 3.11. The molecule has 1 N–H and O–H groups in total.